The molecule has 184 valence electrons. The molecular weight excluding hydrogens is 468 g/mol. The first-order valence-corrected chi connectivity index (χ1v) is 12.0. The van der Waals surface area contributed by atoms with Crippen molar-refractivity contribution in [2.45, 2.75) is 38.9 Å². The van der Waals surface area contributed by atoms with Crippen molar-refractivity contribution < 1.29 is 14.5 Å². The van der Waals surface area contributed by atoms with E-state index in [2.05, 4.69) is 20.8 Å². The topological polar surface area (TPSA) is 132 Å². The summed E-state index contributed by atoms with van der Waals surface area (Å²) in [6.45, 7) is 7.80. The van der Waals surface area contributed by atoms with Crippen LogP contribution in [0, 0.1) is 29.9 Å². The van der Waals surface area contributed by atoms with Gasteiger partial charge in [0.05, 0.1) is 16.7 Å². The first-order valence-electron chi connectivity index (χ1n) is 11.0. The lowest BCUT2D eigenvalue weighted by Gasteiger charge is -2.21. The molecular formula is C24H28N6O4S. The molecule has 11 heteroatoms. The van der Waals surface area contributed by atoms with Gasteiger partial charge in [-0.25, -0.2) is 0 Å². The zero-order valence-electron chi connectivity index (χ0n) is 20.2. The summed E-state index contributed by atoms with van der Waals surface area (Å²) in [7, 11) is 1.77. The van der Waals surface area contributed by atoms with E-state index in [1.54, 1.807) is 11.6 Å². The zero-order valence-corrected chi connectivity index (χ0v) is 21.0. The maximum Gasteiger partial charge on any atom is 0.270 e. The van der Waals surface area contributed by atoms with E-state index in [9.17, 15) is 19.7 Å². The average Bonchev–Trinajstić information content (AvgIpc) is 3.14. The summed E-state index contributed by atoms with van der Waals surface area (Å²) in [5, 5.41) is 25.8. The number of carbonyl (C=O) groups excluding carboxylic acids is 2. The Bertz CT molecular complexity index is 1240. The van der Waals surface area contributed by atoms with Crippen molar-refractivity contribution in [3.63, 3.8) is 0 Å². The summed E-state index contributed by atoms with van der Waals surface area (Å²) >= 11 is 1.24. The van der Waals surface area contributed by atoms with Gasteiger partial charge in [0.25, 0.3) is 11.6 Å². The van der Waals surface area contributed by atoms with Crippen molar-refractivity contribution in [1.29, 1.82) is 0 Å². The highest BCUT2D eigenvalue weighted by Gasteiger charge is 2.26. The minimum Gasteiger partial charge on any atom is -0.342 e. The Morgan fingerprint density at radius 1 is 1.11 bits per heavy atom. The molecule has 0 radical (unpaired) electrons. The minimum atomic E-state index is -0.543. The summed E-state index contributed by atoms with van der Waals surface area (Å²) < 4.78 is 1.74. The molecule has 2 N–H and O–H groups in total. The van der Waals surface area contributed by atoms with Crippen LogP contribution < -0.4 is 10.6 Å². The van der Waals surface area contributed by atoms with Crippen molar-refractivity contribution in [3.8, 4) is 0 Å². The molecule has 10 nitrogen and oxygen atoms in total. The molecule has 0 unspecified atom stereocenters. The van der Waals surface area contributed by atoms with E-state index in [-0.39, 0.29) is 28.8 Å². The van der Waals surface area contributed by atoms with Gasteiger partial charge in [-0.3, -0.25) is 19.7 Å². The first-order chi connectivity index (χ1) is 16.5. The number of aromatic nitrogens is 3. The molecule has 3 aromatic rings. The van der Waals surface area contributed by atoms with Crippen molar-refractivity contribution in [3.05, 3.63) is 75.1 Å². The van der Waals surface area contributed by atoms with Gasteiger partial charge in [0, 0.05) is 30.4 Å². The maximum atomic E-state index is 12.8. The Balaban J connectivity index is 1.69. The highest BCUT2D eigenvalue weighted by Crippen LogP contribution is 2.25. The van der Waals surface area contributed by atoms with Gasteiger partial charge in [-0.15, -0.1) is 10.2 Å². The van der Waals surface area contributed by atoms with Crippen molar-refractivity contribution >= 4 is 35.0 Å². The van der Waals surface area contributed by atoms with E-state index in [0.29, 0.717) is 11.0 Å². The number of anilines is 1. The van der Waals surface area contributed by atoms with Gasteiger partial charge in [0.1, 0.15) is 0 Å². The number of non-ortho nitro benzene ring substituents is 1. The molecule has 1 atom stereocenters. The van der Waals surface area contributed by atoms with Crippen LogP contribution >= 0.6 is 11.8 Å². The summed E-state index contributed by atoms with van der Waals surface area (Å²) in [6, 6.07) is 10.9. The summed E-state index contributed by atoms with van der Waals surface area (Å²) in [5.74, 6) is 0.0225. The van der Waals surface area contributed by atoms with Crippen LogP contribution in [-0.4, -0.2) is 37.3 Å². The van der Waals surface area contributed by atoms with Crippen LogP contribution in [0.2, 0.25) is 0 Å². The maximum absolute atomic E-state index is 12.8. The third-order valence-corrected chi connectivity index (χ3v) is 6.28. The van der Waals surface area contributed by atoms with Gasteiger partial charge in [-0.2, -0.15) is 0 Å². The lowest BCUT2D eigenvalue weighted by Crippen LogP contribution is -2.33. The monoisotopic (exact) mass is 496 g/mol. The number of amides is 2. The van der Waals surface area contributed by atoms with E-state index in [0.717, 1.165) is 16.8 Å². The van der Waals surface area contributed by atoms with E-state index >= 15 is 0 Å². The fraction of sp³-hybridized carbons (Fsp3) is 0.333. The number of nitrogens with one attached hydrogen (secondary N) is 2. The third kappa shape index (κ3) is 6.66. The number of carbonyl (C=O) groups is 2. The molecule has 0 aliphatic heterocycles. The summed E-state index contributed by atoms with van der Waals surface area (Å²) in [6.07, 6.45) is 0. The number of nitrogens with zero attached hydrogens (tertiary/aromatic N) is 4. The normalized spacial score (nSPS) is 11.8. The number of nitro benzene ring substituents is 1. The molecule has 0 saturated heterocycles. The first kappa shape index (κ1) is 25.9. The lowest BCUT2D eigenvalue weighted by atomic mass is 10.0. The Labute approximate surface area is 207 Å². The van der Waals surface area contributed by atoms with Crippen LogP contribution in [0.25, 0.3) is 0 Å². The van der Waals surface area contributed by atoms with Gasteiger partial charge in [-0.05, 0) is 49.1 Å². The van der Waals surface area contributed by atoms with Gasteiger partial charge in [0.2, 0.25) is 5.91 Å². The van der Waals surface area contributed by atoms with E-state index < -0.39 is 16.9 Å². The molecule has 1 aromatic heterocycles. The molecule has 35 heavy (non-hydrogen) atoms. The van der Waals surface area contributed by atoms with Crippen molar-refractivity contribution in [2.24, 2.45) is 13.0 Å². The molecule has 2 amide bonds. The number of thioether (sulfide) groups is 1. The van der Waals surface area contributed by atoms with Gasteiger partial charge >= 0.3 is 0 Å². The average molecular weight is 497 g/mol. The quantitative estimate of drug-likeness (QED) is 0.258. The second kappa shape index (κ2) is 11.1. The Kier molecular flexibility index (Phi) is 8.23. The summed E-state index contributed by atoms with van der Waals surface area (Å²) in [5.41, 5.74) is 2.91. The molecule has 2 aromatic carbocycles. The smallest absolute Gasteiger partial charge is 0.270 e. The van der Waals surface area contributed by atoms with Crippen molar-refractivity contribution in [2.75, 3.05) is 11.1 Å². The minimum absolute atomic E-state index is 0.0359. The number of hydrogen-bond donors (Lipinski definition) is 2. The second-order valence-electron chi connectivity index (χ2n) is 8.62. The molecule has 0 aliphatic rings. The molecule has 0 aliphatic carbocycles. The van der Waals surface area contributed by atoms with Crippen LogP contribution in [0.1, 0.15) is 47.2 Å². The van der Waals surface area contributed by atoms with Crippen LogP contribution in [0.4, 0.5) is 11.4 Å². The SMILES string of the molecule is Cc1cc(C)cc(NC(=O)CSc2nnc([C@H](NC(=O)c3cccc([N+](=O)[O-])c3)C(C)C)n2C)c1. The van der Waals surface area contributed by atoms with E-state index in [1.165, 1.54) is 36.0 Å². The molecule has 3 rings (SSSR count). The Morgan fingerprint density at radius 2 is 1.80 bits per heavy atom. The lowest BCUT2D eigenvalue weighted by molar-refractivity contribution is -0.384. The molecule has 0 bridgehead atoms. The van der Waals surface area contributed by atoms with Crippen LogP contribution in [-0.2, 0) is 11.8 Å². The van der Waals surface area contributed by atoms with E-state index in [4.69, 9.17) is 0 Å². The third-order valence-electron chi connectivity index (χ3n) is 5.26. The largest absolute Gasteiger partial charge is 0.342 e. The number of benzene rings is 2. The number of aryl methyl sites for hydroxylation is 2. The second-order valence-corrected chi connectivity index (χ2v) is 9.56. The van der Waals surface area contributed by atoms with Crippen LogP contribution in [0.15, 0.2) is 47.6 Å². The Hall–Kier alpha value is -3.73. The van der Waals surface area contributed by atoms with Gasteiger partial charge in [0.15, 0.2) is 11.0 Å². The fourth-order valence-electron chi connectivity index (χ4n) is 3.61. The fourth-order valence-corrected chi connectivity index (χ4v) is 4.33. The standard InChI is InChI=1S/C24H28N6O4S/c1-14(2)21(26-23(32)17-7-6-8-19(12-17)30(33)34)22-27-28-24(29(22)5)35-13-20(31)25-18-10-15(3)9-16(4)11-18/h6-12,14,21H,13H2,1-5H3,(H,25,31)(H,26,32)/t21-/m1/s1. The molecule has 1 heterocycles. The highest BCUT2D eigenvalue weighted by atomic mass is 32.2. The Morgan fingerprint density at radius 3 is 2.43 bits per heavy atom. The van der Waals surface area contributed by atoms with Gasteiger partial charge in [-0.1, -0.05) is 37.7 Å². The number of nitro groups is 1. The van der Waals surface area contributed by atoms with E-state index in [1.807, 2.05) is 45.9 Å². The predicted molar refractivity (Wildman–Crippen MR) is 134 cm³/mol. The molecule has 0 spiro atoms. The van der Waals surface area contributed by atoms with Gasteiger partial charge < -0.3 is 15.2 Å². The van der Waals surface area contributed by atoms with Crippen LogP contribution in [0.3, 0.4) is 0 Å². The summed E-state index contributed by atoms with van der Waals surface area (Å²) in [4.78, 5) is 35.8. The highest BCUT2D eigenvalue weighted by molar-refractivity contribution is 7.99. The number of hydrogen-bond acceptors (Lipinski definition) is 7. The van der Waals surface area contributed by atoms with Crippen molar-refractivity contribution in [1.82, 2.24) is 20.1 Å². The molecule has 0 fully saturated rings. The molecule has 0 saturated carbocycles. The number of rotatable bonds is 9. The predicted octanol–water partition coefficient (Wildman–Crippen LogP) is 4.20. The van der Waals surface area contributed by atoms with Crippen LogP contribution in [0.5, 0.6) is 0 Å². The zero-order chi connectivity index (χ0) is 25.7.